The van der Waals surface area contributed by atoms with Gasteiger partial charge in [-0.25, -0.2) is 0 Å². The van der Waals surface area contributed by atoms with E-state index in [2.05, 4.69) is 10.6 Å². The van der Waals surface area contributed by atoms with E-state index in [-0.39, 0.29) is 6.61 Å². The first-order chi connectivity index (χ1) is 13.6. The maximum absolute atomic E-state index is 8.73. The van der Waals surface area contributed by atoms with Crippen LogP contribution in [0.1, 0.15) is 24.5 Å². The van der Waals surface area contributed by atoms with Gasteiger partial charge in [0.05, 0.1) is 13.2 Å². The summed E-state index contributed by atoms with van der Waals surface area (Å²) < 4.78 is 11.7. The molecule has 0 amide bonds. The topological polar surface area (TPSA) is 62.8 Å². The molecule has 0 saturated carbocycles. The highest BCUT2D eigenvalue weighted by Gasteiger charge is 2.09. The highest BCUT2D eigenvalue weighted by molar-refractivity contribution is 6.35. The number of aliphatic hydroxyl groups is 1. The standard InChI is InChI=1S/C21H28Cl2N2O3/c1-2-27-21-12-16(14-25-9-3-8-24-10-11-26)4-7-20(21)28-15-17-5-6-18(22)13-19(17)23/h4-7,12-13,24-26H,2-3,8-11,14-15H2,1H3. The molecule has 0 heterocycles. The molecule has 2 aromatic rings. The summed E-state index contributed by atoms with van der Waals surface area (Å²) in [5, 5.41) is 16.5. The zero-order valence-corrected chi connectivity index (χ0v) is 17.7. The van der Waals surface area contributed by atoms with Gasteiger partial charge in [0.15, 0.2) is 11.5 Å². The number of aliphatic hydroxyl groups excluding tert-OH is 1. The van der Waals surface area contributed by atoms with Crippen molar-refractivity contribution in [2.45, 2.75) is 26.5 Å². The molecular weight excluding hydrogens is 399 g/mol. The van der Waals surface area contributed by atoms with Crippen molar-refractivity contribution in [1.82, 2.24) is 10.6 Å². The molecular formula is C21H28Cl2N2O3. The predicted molar refractivity (Wildman–Crippen MR) is 115 cm³/mol. The van der Waals surface area contributed by atoms with Crippen LogP contribution in [0.25, 0.3) is 0 Å². The van der Waals surface area contributed by atoms with Crippen LogP contribution < -0.4 is 20.1 Å². The summed E-state index contributed by atoms with van der Waals surface area (Å²) >= 11 is 12.1. The summed E-state index contributed by atoms with van der Waals surface area (Å²) in [4.78, 5) is 0. The van der Waals surface area contributed by atoms with Crippen LogP contribution in [0, 0.1) is 0 Å². The van der Waals surface area contributed by atoms with Crippen LogP contribution in [0.5, 0.6) is 11.5 Å². The fourth-order valence-corrected chi connectivity index (χ4v) is 3.08. The molecule has 0 aliphatic heterocycles. The third-order valence-corrected chi connectivity index (χ3v) is 4.62. The lowest BCUT2D eigenvalue weighted by Gasteiger charge is -2.14. The molecule has 2 aromatic carbocycles. The van der Waals surface area contributed by atoms with Gasteiger partial charge in [0, 0.05) is 28.7 Å². The van der Waals surface area contributed by atoms with E-state index in [4.69, 9.17) is 37.8 Å². The van der Waals surface area contributed by atoms with Crippen molar-refractivity contribution < 1.29 is 14.6 Å². The van der Waals surface area contributed by atoms with E-state index < -0.39 is 0 Å². The lowest BCUT2D eigenvalue weighted by Crippen LogP contribution is -2.23. The second kappa shape index (κ2) is 12.9. The van der Waals surface area contributed by atoms with Gasteiger partial charge in [-0.1, -0.05) is 35.3 Å². The maximum atomic E-state index is 8.73. The van der Waals surface area contributed by atoms with E-state index in [0.717, 1.165) is 42.9 Å². The average molecular weight is 427 g/mol. The van der Waals surface area contributed by atoms with Crippen LogP contribution in [0.15, 0.2) is 36.4 Å². The Balaban J connectivity index is 1.88. The largest absolute Gasteiger partial charge is 0.490 e. The Bertz CT molecular complexity index is 729. The minimum atomic E-state index is 0.173. The van der Waals surface area contributed by atoms with E-state index in [1.54, 1.807) is 12.1 Å². The van der Waals surface area contributed by atoms with Gasteiger partial charge in [-0.05, 0) is 56.3 Å². The van der Waals surface area contributed by atoms with Crippen LogP contribution in [0.4, 0.5) is 0 Å². The summed E-state index contributed by atoms with van der Waals surface area (Å²) in [5.74, 6) is 1.40. The third-order valence-electron chi connectivity index (χ3n) is 4.03. The molecule has 0 saturated heterocycles. The van der Waals surface area contributed by atoms with Gasteiger partial charge >= 0.3 is 0 Å². The molecule has 0 aliphatic rings. The molecule has 154 valence electrons. The smallest absolute Gasteiger partial charge is 0.161 e. The summed E-state index contributed by atoms with van der Waals surface area (Å²) in [6, 6.07) is 11.3. The summed E-state index contributed by atoms with van der Waals surface area (Å²) in [6.45, 7) is 6.20. The molecule has 2 rings (SSSR count). The second-order valence-electron chi connectivity index (χ2n) is 6.24. The number of ether oxygens (including phenoxy) is 2. The second-order valence-corrected chi connectivity index (χ2v) is 7.09. The summed E-state index contributed by atoms with van der Waals surface area (Å²) in [6.07, 6.45) is 1.00. The molecule has 0 unspecified atom stereocenters. The Kier molecular flexibility index (Phi) is 10.5. The molecule has 0 bridgehead atoms. The first-order valence-electron chi connectivity index (χ1n) is 9.48. The van der Waals surface area contributed by atoms with Crippen LogP contribution in [-0.2, 0) is 13.2 Å². The molecule has 0 aromatic heterocycles. The third kappa shape index (κ3) is 7.86. The molecule has 0 spiro atoms. The van der Waals surface area contributed by atoms with Crippen molar-refractivity contribution in [3.8, 4) is 11.5 Å². The van der Waals surface area contributed by atoms with Crippen LogP contribution >= 0.6 is 23.2 Å². The lowest BCUT2D eigenvalue weighted by molar-refractivity contribution is 0.269. The van der Waals surface area contributed by atoms with Crippen molar-refractivity contribution in [3.63, 3.8) is 0 Å². The van der Waals surface area contributed by atoms with Crippen LogP contribution in [0.3, 0.4) is 0 Å². The van der Waals surface area contributed by atoms with Crippen LogP contribution in [0.2, 0.25) is 10.0 Å². The molecule has 0 aliphatic carbocycles. The molecule has 5 nitrogen and oxygen atoms in total. The number of hydrogen-bond donors (Lipinski definition) is 3. The van der Waals surface area contributed by atoms with Gasteiger partial charge in [-0.3, -0.25) is 0 Å². The Labute approximate surface area is 177 Å². The Morgan fingerprint density at radius 1 is 0.929 bits per heavy atom. The number of rotatable bonds is 13. The highest BCUT2D eigenvalue weighted by Crippen LogP contribution is 2.30. The van der Waals surface area contributed by atoms with Gasteiger partial charge in [-0.15, -0.1) is 0 Å². The normalized spacial score (nSPS) is 10.9. The van der Waals surface area contributed by atoms with E-state index >= 15 is 0 Å². The fourth-order valence-electron chi connectivity index (χ4n) is 2.62. The highest BCUT2D eigenvalue weighted by atomic mass is 35.5. The first-order valence-corrected chi connectivity index (χ1v) is 10.2. The summed E-state index contributed by atoms with van der Waals surface area (Å²) in [7, 11) is 0. The predicted octanol–water partition coefficient (Wildman–Crippen LogP) is 4.03. The number of nitrogens with one attached hydrogen (secondary N) is 2. The number of hydrogen-bond acceptors (Lipinski definition) is 5. The van der Waals surface area contributed by atoms with Gasteiger partial charge in [0.25, 0.3) is 0 Å². The van der Waals surface area contributed by atoms with Gasteiger partial charge in [0.2, 0.25) is 0 Å². The minimum absolute atomic E-state index is 0.173. The van der Waals surface area contributed by atoms with Crippen molar-refractivity contribution in [2.24, 2.45) is 0 Å². The fraction of sp³-hybridized carbons (Fsp3) is 0.429. The number of benzene rings is 2. The van der Waals surface area contributed by atoms with Gasteiger partial charge < -0.3 is 25.2 Å². The zero-order chi connectivity index (χ0) is 20.2. The molecule has 0 atom stereocenters. The zero-order valence-electron chi connectivity index (χ0n) is 16.1. The van der Waals surface area contributed by atoms with Crippen molar-refractivity contribution in [2.75, 3.05) is 32.8 Å². The monoisotopic (exact) mass is 426 g/mol. The minimum Gasteiger partial charge on any atom is -0.490 e. The van der Waals surface area contributed by atoms with E-state index in [1.807, 2.05) is 31.2 Å². The molecule has 0 radical (unpaired) electrons. The SMILES string of the molecule is CCOc1cc(CNCCCNCCO)ccc1OCc1ccc(Cl)cc1Cl. The molecule has 7 heteroatoms. The van der Waals surface area contributed by atoms with E-state index in [0.29, 0.717) is 35.6 Å². The van der Waals surface area contributed by atoms with E-state index in [9.17, 15) is 0 Å². The van der Waals surface area contributed by atoms with Crippen molar-refractivity contribution in [3.05, 3.63) is 57.6 Å². The van der Waals surface area contributed by atoms with Gasteiger partial charge in [0.1, 0.15) is 6.61 Å². The Morgan fingerprint density at radius 2 is 1.75 bits per heavy atom. The first kappa shape index (κ1) is 22.8. The molecule has 28 heavy (non-hydrogen) atoms. The lowest BCUT2D eigenvalue weighted by atomic mass is 10.2. The van der Waals surface area contributed by atoms with Gasteiger partial charge in [-0.2, -0.15) is 0 Å². The van der Waals surface area contributed by atoms with Crippen LogP contribution in [-0.4, -0.2) is 38.0 Å². The molecule has 0 fully saturated rings. The van der Waals surface area contributed by atoms with Crippen molar-refractivity contribution in [1.29, 1.82) is 0 Å². The molecule has 3 N–H and O–H groups in total. The Hall–Kier alpha value is -1.50. The van der Waals surface area contributed by atoms with E-state index in [1.165, 1.54) is 0 Å². The number of halogens is 2. The Morgan fingerprint density at radius 3 is 2.50 bits per heavy atom. The summed E-state index contributed by atoms with van der Waals surface area (Å²) in [5.41, 5.74) is 2.00. The van der Waals surface area contributed by atoms with Crippen molar-refractivity contribution >= 4 is 23.2 Å². The quantitative estimate of drug-likeness (QED) is 0.422. The average Bonchev–Trinajstić information content (AvgIpc) is 2.68. The maximum Gasteiger partial charge on any atom is 0.161 e.